The molecule has 0 heterocycles. The van der Waals surface area contributed by atoms with E-state index in [1.54, 1.807) is 7.11 Å². The van der Waals surface area contributed by atoms with Crippen molar-refractivity contribution in [3.05, 3.63) is 29.8 Å². The maximum absolute atomic E-state index is 9.73. The van der Waals surface area contributed by atoms with Gasteiger partial charge in [0.2, 0.25) is 0 Å². The maximum atomic E-state index is 9.73. The van der Waals surface area contributed by atoms with Gasteiger partial charge in [-0.05, 0) is 38.8 Å². The quantitative estimate of drug-likeness (QED) is 0.858. The first-order valence-corrected chi connectivity index (χ1v) is 6.68. The van der Waals surface area contributed by atoms with Crippen LogP contribution in [0.4, 0.5) is 0 Å². The second-order valence-corrected chi connectivity index (χ2v) is 5.24. The molecule has 1 aromatic rings. The molecule has 0 saturated heterocycles. The highest BCUT2D eigenvalue weighted by Gasteiger charge is 2.37. The average Bonchev–Trinajstić information content (AvgIpc) is 2.42. The SMILES string of the molecule is CNCC1(c2ccccc2OC)CCC(O)CC1. The Labute approximate surface area is 109 Å². The van der Waals surface area contributed by atoms with Gasteiger partial charge in [-0.25, -0.2) is 0 Å². The van der Waals surface area contributed by atoms with Crippen LogP contribution in [0, 0.1) is 0 Å². The van der Waals surface area contributed by atoms with Crippen LogP contribution in [0.25, 0.3) is 0 Å². The summed E-state index contributed by atoms with van der Waals surface area (Å²) in [4.78, 5) is 0. The molecule has 1 aliphatic rings. The molecule has 0 radical (unpaired) electrons. The molecule has 2 rings (SSSR count). The van der Waals surface area contributed by atoms with E-state index in [9.17, 15) is 5.11 Å². The Morgan fingerprint density at radius 3 is 2.61 bits per heavy atom. The van der Waals surface area contributed by atoms with E-state index in [2.05, 4.69) is 17.4 Å². The van der Waals surface area contributed by atoms with Crippen LogP contribution in [0.15, 0.2) is 24.3 Å². The van der Waals surface area contributed by atoms with Gasteiger partial charge in [-0.2, -0.15) is 0 Å². The minimum absolute atomic E-state index is 0.0978. The second-order valence-electron chi connectivity index (χ2n) is 5.24. The molecule has 18 heavy (non-hydrogen) atoms. The highest BCUT2D eigenvalue weighted by atomic mass is 16.5. The lowest BCUT2D eigenvalue weighted by Crippen LogP contribution is -2.41. The van der Waals surface area contributed by atoms with Gasteiger partial charge in [-0.15, -0.1) is 0 Å². The van der Waals surface area contributed by atoms with Crippen molar-refractivity contribution in [3.8, 4) is 5.75 Å². The number of hydrogen-bond acceptors (Lipinski definition) is 3. The van der Waals surface area contributed by atoms with Gasteiger partial charge >= 0.3 is 0 Å². The third kappa shape index (κ3) is 2.52. The zero-order chi connectivity index (χ0) is 13.0. The number of benzene rings is 1. The fourth-order valence-electron chi connectivity index (χ4n) is 3.12. The molecule has 3 nitrogen and oxygen atoms in total. The van der Waals surface area contributed by atoms with Crippen LogP contribution in [0.3, 0.4) is 0 Å². The summed E-state index contributed by atoms with van der Waals surface area (Å²) in [6.07, 6.45) is 3.63. The van der Waals surface area contributed by atoms with Crippen molar-refractivity contribution in [2.24, 2.45) is 0 Å². The first-order valence-electron chi connectivity index (χ1n) is 6.68. The Bertz CT molecular complexity index is 384. The third-order valence-corrected chi connectivity index (χ3v) is 4.11. The Balaban J connectivity index is 2.34. The molecule has 0 atom stereocenters. The highest BCUT2D eigenvalue weighted by Crippen LogP contribution is 2.42. The molecule has 3 heteroatoms. The van der Waals surface area contributed by atoms with E-state index >= 15 is 0 Å². The monoisotopic (exact) mass is 249 g/mol. The number of methoxy groups -OCH3 is 1. The Hall–Kier alpha value is -1.06. The van der Waals surface area contributed by atoms with E-state index in [0.717, 1.165) is 38.0 Å². The first-order chi connectivity index (χ1) is 8.72. The summed E-state index contributed by atoms with van der Waals surface area (Å²) in [5, 5.41) is 13.0. The fraction of sp³-hybridized carbons (Fsp3) is 0.600. The lowest BCUT2D eigenvalue weighted by molar-refractivity contribution is 0.0943. The number of aliphatic hydroxyl groups is 1. The molecule has 1 aromatic carbocycles. The minimum atomic E-state index is -0.135. The van der Waals surface area contributed by atoms with E-state index < -0.39 is 0 Å². The molecule has 0 aliphatic heterocycles. The Morgan fingerprint density at radius 1 is 1.33 bits per heavy atom. The highest BCUT2D eigenvalue weighted by molar-refractivity contribution is 5.40. The number of rotatable bonds is 4. The molecule has 0 aromatic heterocycles. The van der Waals surface area contributed by atoms with E-state index in [4.69, 9.17) is 4.74 Å². The molecule has 0 amide bonds. The smallest absolute Gasteiger partial charge is 0.122 e. The zero-order valence-electron chi connectivity index (χ0n) is 11.3. The second kappa shape index (κ2) is 5.72. The molecule has 0 unspecified atom stereocenters. The summed E-state index contributed by atoms with van der Waals surface area (Å²) >= 11 is 0. The van der Waals surface area contributed by atoms with Crippen LogP contribution < -0.4 is 10.1 Å². The standard InChI is InChI=1S/C15H23NO2/c1-16-11-15(9-7-12(17)8-10-15)13-5-3-4-6-14(13)18-2/h3-6,12,16-17H,7-11H2,1-2H3. The zero-order valence-corrected chi connectivity index (χ0v) is 11.3. The van der Waals surface area contributed by atoms with Gasteiger partial charge in [0.05, 0.1) is 13.2 Å². The molecule has 0 spiro atoms. The minimum Gasteiger partial charge on any atom is -0.496 e. The summed E-state index contributed by atoms with van der Waals surface area (Å²) < 4.78 is 5.51. The predicted octanol–water partition coefficient (Wildman–Crippen LogP) is 2.09. The largest absolute Gasteiger partial charge is 0.496 e. The number of ether oxygens (including phenoxy) is 1. The van der Waals surface area contributed by atoms with Crippen molar-refractivity contribution in [1.29, 1.82) is 0 Å². The molecule has 100 valence electrons. The number of nitrogens with one attached hydrogen (secondary N) is 1. The van der Waals surface area contributed by atoms with Crippen molar-refractivity contribution < 1.29 is 9.84 Å². The van der Waals surface area contributed by atoms with Gasteiger partial charge in [-0.3, -0.25) is 0 Å². The first kappa shape index (κ1) is 13.4. The summed E-state index contributed by atoms with van der Waals surface area (Å²) in [5.74, 6) is 0.962. The van der Waals surface area contributed by atoms with E-state index in [1.165, 1.54) is 5.56 Å². The Kier molecular flexibility index (Phi) is 4.25. The van der Waals surface area contributed by atoms with Crippen molar-refractivity contribution in [2.45, 2.75) is 37.2 Å². The average molecular weight is 249 g/mol. The van der Waals surface area contributed by atoms with Crippen molar-refractivity contribution in [2.75, 3.05) is 20.7 Å². The van der Waals surface area contributed by atoms with Crippen LogP contribution in [0.1, 0.15) is 31.2 Å². The molecule has 1 saturated carbocycles. The summed E-state index contributed by atoms with van der Waals surface area (Å²) in [5.41, 5.74) is 1.37. The van der Waals surface area contributed by atoms with Gasteiger partial charge < -0.3 is 15.2 Å². The topological polar surface area (TPSA) is 41.5 Å². The number of hydrogen-bond donors (Lipinski definition) is 2. The third-order valence-electron chi connectivity index (χ3n) is 4.11. The molecular weight excluding hydrogens is 226 g/mol. The fourth-order valence-corrected chi connectivity index (χ4v) is 3.12. The maximum Gasteiger partial charge on any atom is 0.122 e. The van der Waals surface area contributed by atoms with E-state index in [1.807, 2.05) is 19.2 Å². The van der Waals surface area contributed by atoms with Crippen molar-refractivity contribution in [1.82, 2.24) is 5.32 Å². The molecule has 1 aliphatic carbocycles. The normalized spacial score (nSPS) is 28.1. The van der Waals surface area contributed by atoms with Gasteiger partial charge in [0.25, 0.3) is 0 Å². The lowest BCUT2D eigenvalue weighted by Gasteiger charge is -2.40. The molecular formula is C15H23NO2. The van der Waals surface area contributed by atoms with Crippen LogP contribution in [-0.2, 0) is 5.41 Å². The van der Waals surface area contributed by atoms with Crippen molar-refractivity contribution in [3.63, 3.8) is 0 Å². The summed E-state index contributed by atoms with van der Waals surface area (Å²) in [7, 11) is 3.71. The summed E-state index contributed by atoms with van der Waals surface area (Å²) in [6, 6.07) is 8.26. The molecule has 0 bridgehead atoms. The Morgan fingerprint density at radius 2 is 2.00 bits per heavy atom. The van der Waals surface area contributed by atoms with Gasteiger partial charge in [0.15, 0.2) is 0 Å². The number of aliphatic hydroxyl groups excluding tert-OH is 1. The van der Waals surface area contributed by atoms with Crippen LogP contribution in [0.5, 0.6) is 5.75 Å². The van der Waals surface area contributed by atoms with E-state index in [-0.39, 0.29) is 11.5 Å². The van der Waals surface area contributed by atoms with Gasteiger partial charge in [0.1, 0.15) is 5.75 Å². The molecule has 1 fully saturated rings. The predicted molar refractivity (Wildman–Crippen MR) is 73.1 cm³/mol. The summed E-state index contributed by atoms with van der Waals surface area (Å²) in [6.45, 7) is 0.931. The van der Waals surface area contributed by atoms with Crippen molar-refractivity contribution >= 4 is 0 Å². The number of likely N-dealkylation sites (N-methyl/N-ethyl adjacent to an activating group) is 1. The van der Waals surface area contributed by atoms with Crippen LogP contribution in [-0.4, -0.2) is 31.9 Å². The van der Waals surface area contributed by atoms with Crippen LogP contribution >= 0.6 is 0 Å². The van der Waals surface area contributed by atoms with Gasteiger partial charge in [-0.1, -0.05) is 18.2 Å². The van der Waals surface area contributed by atoms with Gasteiger partial charge in [0, 0.05) is 17.5 Å². The van der Waals surface area contributed by atoms with Crippen LogP contribution in [0.2, 0.25) is 0 Å². The van der Waals surface area contributed by atoms with E-state index in [0.29, 0.717) is 0 Å². The number of para-hydroxylation sites is 1. The molecule has 2 N–H and O–H groups in total. The lowest BCUT2D eigenvalue weighted by atomic mass is 9.68.